The normalized spacial score (nSPS) is 12.1. The zero-order valence-electron chi connectivity index (χ0n) is 11.0. The van der Waals surface area contributed by atoms with Gasteiger partial charge in [-0.1, -0.05) is 30.3 Å². The molecule has 19 heavy (non-hydrogen) atoms. The summed E-state index contributed by atoms with van der Waals surface area (Å²) in [6.45, 7) is 0.675. The quantitative estimate of drug-likeness (QED) is 0.834. The van der Waals surface area contributed by atoms with Gasteiger partial charge in [-0.3, -0.25) is 0 Å². The van der Waals surface area contributed by atoms with Gasteiger partial charge in [0.2, 0.25) is 0 Å². The van der Waals surface area contributed by atoms with Crippen LogP contribution < -0.4 is 16.2 Å². The van der Waals surface area contributed by atoms with Gasteiger partial charge in [-0.15, -0.1) is 0 Å². The van der Waals surface area contributed by atoms with E-state index in [2.05, 4.69) is 0 Å². The molecular formula is C16H20N2O. The number of hydrogen-bond acceptors (Lipinski definition) is 3. The molecule has 0 saturated carbocycles. The van der Waals surface area contributed by atoms with Crippen molar-refractivity contribution >= 4 is 0 Å². The third kappa shape index (κ3) is 4.09. The van der Waals surface area contributed by atoms with Gasteiger partial charge >= 0.3 is 0 Å². The Hall–Kier alpha value is -1.84. The lowest BCUT2D eigenvalue weighted by atomic mass is 10.0. The van der Waals surface area contributed by atoms with Gasteiger partial charge in [0.15, 0.2) is 0 Å². The fourth-order valence-corrected chi connectivity index (χ4v) is 1.94. The Labute approximate surface area is 114 Å². The van der Waals surface area contributed by atoms with Gasteiger partial charge in [-0.2, -0.15) is 0 Å². The van der Waals surface area contributed by atoms with Crippen LogP contribution in [-0.4, -0.2) is 6.54 Å². The maximum absolute atomic E-state index is 6.13. The van der Waals surface area contributed by atoms with Crippen LogP contribution in [0.2, 0.25) is 0 Å². The standard InChI is InChI=1S/C16H20N2O/c17-11-5-10-16(18)13-6-4-9-15(12-13)19-14-7-2-1-3-8-14/h1-4,6-9,12,16H,5,10-11,17-18H2/t16-/m1/s1. The summed E-state index contributed by atoms with van der Waals surface area (Å²) in [5, 5.41) is 0. The predicted molar refractivity (Wildman–Crippen MR) is 78.2 cm³/mol. The average molecular weight is 256 g/mol. The van der Waals surface area contributed by atoms with Gasteiger partial charge in [0.05, 0.1) is 0 Å². The van der Waals surface area contributed by atoms with Crippen molar-refractivity contribution in [2.24, 2.45) is 11.5 Å². The molecule has 2 aromatic rings. The summed E-state index contributed by atoms with van der Waals surface area (Å²) in [5.41, 5.74) is 12.7. The first kappa shape index (κ1) is 13.6. The summed E-state index contributed by atoms with van der Waals surface area (Å²) in [6.07, 6.45) is 1.83. The predicted octanol–water partition coefficient (Wildman–Crippen LogP) is 3.22. The Bertz CT molecular complexity index is 499. The Balaban J connectivity index is 2.06. The van der Waals surface area contributed by atoms with Crippen LogP contribution in [0, 0.1) is 0 Å². The van der Waals surface area contributed by atoms with E-state index in [9.17, 15) is 0 Å². The van der Waals surface area contributed by atoms with Gasteiger partial charge in [0.1, 0.15) is 11.5 Å². The first-order chi connectivity index (χ1) is 9.29. The molecule has 0 bridgehead atoms. The maximum atomic E-state index is 6.13. The fraction of sp³-hybridized carbons (Fsp3) is 0.250. The van der Waals surface area contributed by atoms with Crippen LogP contribution in [0.15, 0.2) is 54.6 Å². The van der Waals surface area contributed by atoms with Crippen molar-refractivity contribution in [3.8, 4) is 11.5 Å². The molecule has 0 amide bonds. The molecule has 0 aliphatic heterocycles. The molecule has 0 unspecified atom stereocenters. The molecule has 0 saturated heterocycles. The minimum Gasteiger partial charge on any atom is -0.457 e. The molecule has 3 heteroatoms. The fourth-order valence-electron chi connectivity index (χ4n) is 1.94. The van der Waals surface area contributed by atoms with E-state index >= 15 is 0 Å². The summed E-state index contributed by atoms with van der Waals surface area (Å²) >= 11 is 0. The van der Waals surface area contributed by atoms with E-state index in [1.165, 1.54) is 0 Å². The lowest BCUT2D eigenvalue weighted by molar-refractivity contribution is 0.480. The van der Waals surface area contributed by atoms with Gasteiger partial charge in [0.25, 0.3) is 0 Å². The number of para-hydroxylation sites is 1. The summed E-state index contributed by atoms with van der Waals surface area (Å²) < 4.78 is 5.79. The highest BCUT2D eigenvalue weighted by molar-refractivity contribution is 5.34. The maximum Gasteiger partial charge on any atom is 0.127 e. The van der Waals surface area contributed by atoms with Gasteiger partial charge in [-0.05, 0) is 49.2 Å². The number of ether oxygens (including phenoxy) is 1. The zero-order chi connectivity index (χ0) is 13.5. The minimum absolute atomic E-state index is 0.0165. The van der Waals surface area contributed by atoms with Gasteiger partial charge < -0.3 is 16.2 Å². The molecule has 0 heterocycles. The molecule has 100 valence electrons. The zero-order valence-corrected chi connectivity index (χ0v) is 11.0. The van der Waals surface area contributed by atoms with Crippen LogP contribution in [-0.2, 0) is 0 Å². The highest BCUT2D eigenvalue weighted by atomic mass is 16.5. The van der Waals surface area contributed by atoms with E-state index < -0.39 is 0 Å². The molecule has 0 fully saturated rings. The highest BCUT2D eigenvalue weighted by Gasteiger charge is 2.06. The first-order valence-electron chi connectivity index (χ1n) is 6.58. The van der Waals surface area contributed by atoms with E-state index in [1.807, 2.05) is 54.6 Å². The Morgan fingerprint density at radius 2 is 1.68 bits per heavy atom. The van der Waals surface area contributed by atoms with Crippen molar-refractivity contribution in [2.75, 3.05) is 6.54 Å². The van der Waals surface area contributed by atoms with Crippen LogP contribution in [0.1, 0.15) is 24.4 Å². The van der Waals surface area contributed by atoms with Crippen molar-refractivity contribution in [3.63, 3.8) is 0 Å². The number of hydrogen-bond donors (Lipinski definition) is 2. The number of benzene rings is 2. The first-order valence-corrected chi connectivity index (χ1v) is 6.58. The summed E-state index contributed by atoms with van der Waals surface area (Å²) in [6, 6.07) is 17.7. The SMILES string of the molecule is NCCC[C@@H](N)c1cccc(Oc2ccccc2)c1. The molecule has 0 aliphatic carbocycles. The average Bonchev–Trinajstić information content (AvgIpc) is 2.46. The van der Waals surface area contributed by atoms with Crippen molar-refractivity contribution in [3.05, 3.63) is 60.2 Å². The molecule has 3 nitrogen and oxygen atoms in total. The van der Waals surface area contributed by atoms with Crippen LogP contribution in [0.25, 0.3) is 0 Å². The molecular weight excluding hydrogens is 236 g/mol. The number of nitrogens with two attached hydrogens (primary N) is 2. The lowest BCUT2D eigenvalue weighted by Crippen LogP contribution is -2.12. The molecule has 0 aromatic heterocycles. The van der Waals surface area contributed by atoms with Gasteiger partial charge in [-0.25, -0.2) is 0 Å². The molecule has 0 spiro atoms. The topological polar surface area (TPSA) is 61.3 Å². The third-order valence-electron chi connectivity index (χ3n) is 2.98. The summed E-state index contributed by atoms with van der Waals surface area (Å²) in [4.78, 5) is 0. The van der Waals surface area contributed by atoms with E-state index in [0.29, 0.717) is 6.54 Å². The minimum atomic E-state index is 0.0165. The summed E-state index contributed by atoms with van der Waals surface area (Å²) in [5.74, 6) is 1.64. The van der Waals surface area contributed by atoms with E-state index in [1.54, 1.807) is 0 Å². The van der Waals surface area contributed by atoms with E-state index in [0.717, 1.165) is 29.9 Å². The van der Waals surface area contributed by atoms with Gasteiger partial charge in [0, 0.05) is 6.04 Å². The smallest absolute Gasteiger partial charge is 0.127 e. The Morgan fingerprint density at radius 3 is 2.42 bits per heavy atom. The van der Waals surface area contributed by atoms with Crippen molar-refractivity contribution in [1.29, 1.82) is 0 Å². The molecule has 0 radical (unpaired) electrons. The Morgan fingerprint density at radius 1 is 0.947 bits per heavy atom. The van der Waals surface area contributed by atoms with Crippen LogP contribution >= 0.6 is 0 Å². The summed E-state index contributed by atoms with van der Waals surface area (Å²) in [7, 11) is 0. The van der Waals surface area contributed by atoms with Crippen LogP contribution in [0.5, 0.6) is 11.5 Å². The van der Waals surface area contributed by atoms with E-state index in [4.69, 9.17) is 16.2 Å². The second-order valence-corrected chi connectivity index (χ2v) is 4.53. The molecule has 0 aliphatic rings. The molecule has 2 aromatic carbocycles. The van der Waals surface area contributed by atoms with E-state index in [-0.39, 0.29) is 6.04 Å². The second-order valence-electron chi connectivity index (χ2n) is 4.53. The molecule has 4 N–H and O–H groups in total. The molecule has 2 rings (SSSR count). The Kier molecular flexibility index (Phi) is 4.95. The van der Waals surface area contributed by atoms with Crippen molar-refractivity contribution in [2.45, 2.75) is 18.9 Å². The van der Waals surface area contributed by atoms with Crippen LogP contribution in [0.3, 0.4) is 0 Å². The van der Waals surface area contributed by atoms with Crippen molar-refractivity contribution < 1.29 is 4.74 Å². The monoisotopic (exact) mass is 256 g/mol. The molecule has 1 atom stereocenters. The highest BCUT2D eigenvalue weighted by Crippen LogP contribution is 2.25. The number of rotatable bonds is 6. The lowest BCUT2D eigenvalue weighted by Gasteiger charge is -2.13. The van der Waals surface area contributed by atoms with Crippen molar-refractivity contribution in [1.82, 2.24) is 0 Å². The van der Waals surface area contributed by atoms with Crippen LogP contribution in [0.4, 0.5) is 0 Å². The second kappa shape index (κ2) is 6.92. The largest absolute Gasteiger partial charge is 0.457 e. The third-order valence-corrected chi connectivity index (χ3v) is 2.98.